The van der Waals surface area contributed by atoms with Crippen molar-refractivity contribution in [3.63, 3.8) is 0 Å². The molecule has 0 atom stereocenters. The molecule has 2 aromatic carbocycles. The highest BCUT2D eigenvalue weighted by atomic mass is 32.2. The van der Waals surface area contributed by atoms with E-state index in [4.69, 9.17) is 4.74 Å². The second kappa shape index (κ2) is 9.55. The van der Waals surface area contributed by atoms with E-state index in [0.717, 1.165) is 25.2 Å². The number of hydrogen-bond donors (Lipinski definition) is 0. The number of hydrogen-bond acceptors (Lipinski definition) is 7. The van der Waals surface area contributed by atoms with Crippen molar-refractivity contribution in [3.8, 4) is 0 Å². The number of methoxy groups -OCH3 is 1. The van der Waals surface area contributed by atoms with E-state index in [2.05, 4.69) is 4.90 Å². The maximum absolute atomic E-state index is 12.8. The molecule has 0 bridgehead atoms. The van der Waals surface area contributed by atoms with Gasteiger partial charge in [0, 0.05) is 45.9 Å². The molecule has 0 aromatic heterocycles. The molecule has 0 unspecified atom stereocenters. The molecule has 1 aliphatic rings. The predicted octanol–water partition coefficient (Wildman–Crippen LogP) is 2.65. The topological polar surface area (TPSA) is 93.0 Å². The average Bonchev–Trinajstić information content (AvgIpc) is 2.73. The monoisotopic (exact) mass is 433 g/mol. The van der Waals surface area contributed by atoms with Gasteiger partial charge in [-0.3, -0.25) is 15.0 Å². The summed E-state index contributed by atoms with van der Waals surface area (Å²) in [7, 11) is -2.03. The van der Waals surface area contributed by atoms with Crippen LogP contribution in [0.25, 0.3) is 0 Å². The van der Waals surface area contributed by atoms with Crippen LogP contribution in [0.15, 0.2) is 47.4 Å². The van der Waals surface area contributed by atoms with Gasteiger partial charge in [0.25, 0.3) is 5.69 Å². The smallest absolute Gasteiger partial charge is 0.293 e. The molecule has 0 saturated carbocycles. The molecule has 0 aliphatic carbocycles. The first-order chi connectivity index (χ1) is 14.3. The lowest BCUT2D eigenvalue weighted by molar-refractivity contribution is -0.384. The van der Waals surface area contributed by atoms with E-state index in [1.54, 1.807) is 25.3 Å². The molecule has 1 aliphatic heterocycles. The van der Waals surface area contributed by atoms with Crippen molar-refractivity contribution >= 4 is 21.2 Å². The van der Waals surface area contributed by atoms with Crippen molar-refractivity contribution in [3.05, 3.63) is 63.7 Å². The zero-order valence-corrected chi connectivity index (χ0v) is 18.1. The van der Waals surface area contributed by atoms with Gasteiger partial charge in [-0.05, 0) is 24.6 Å². The molecule has 1 saturated heterocycles. The SMILES string of the molecule is COCCN1CCN(c2ccc(S(=O)(=O)Cc3ccc(C)cc3)cc2[N+](=O)[O-])CC1. The van der Waals surface area contributed by atoms with E-state index in [-0.39, 0.29) is 16.3 Å². The van der Waals surface area contributed by atoms with Gasteiger partial charge in [0.1, 0.15) is 5.69 Å². The summed E-state index contributed by atoms with van der Waals surface area (Å²) in [6, 6.07) is 11.5. The number of nitrogens with zero attached hydrogens (tertiary/aromatic N) is 3. The fraction of sp³-hybridized carbons (Fsp3) is 0.429. The third-order valence-corrected chi connectivity index (χ3v) is 6.99. The van der Waals surface area contributed by atoms with Crippen LogP contribution >= 0.6 is 0 Å². The van der Waals surface area contributed by atoms with Gasteiger partial charge in [0.15, 0.2) is 9.84 Å². The fourth-order valence-corrected chi connectivity index (χ4v) is 4.89. The van der Waals surface area contributed by atoms with E-state index in [0.29, 0.717) is 30.9 Å². The maximum Gasteiger partial charge on any atom is 0.293 e. The van der Waals surface area contributed by atoms with Crippen molar-refractivity contribution in [2.75, 3.05) is 51.3 Å². The summed E-state index contributed by atoms with van der Waals surface area (Å²) in [6.07, 6.45) is 0. The molecule has 0 N–H and O–H groups in total. The Kier molecular flexibility index (Phi) is 7.06. The summed E-state index contributed by atoms with van der Waals surface area (Å²) >= 11 is 0. The average molecular weight is 434 g/mol. The lowest BCUT2D eigenvalue weighted by atomic mass is 10.2. The molecular weight excluding hydrogens is 406 g/mol. The van der Waals surface area contributed by atoms with E-state index in [1.165, 1.54) is 12.1 Å². The summed E-state index contributed by atoms with van der Waals surface area (Å²) in [5.74, 6) is -0.193. The zero-order valence-electron chi connectivity index (χ0n) is 17.3. The van der Waals surface area contributed by atoms with Crippen molar-refractivity contribution in [1.82, 2.24) is 4.90 Å². The lowest BCUT2D eigenvalue weighted by Gasteiger charge is -2.35. The summed E-state index contributed by atoms with van der Waals surface area (Å²) in [5.41, 5.74) is 1.98. The van der Waals surface area contributed by atoms with Gasteiger partial charge in [-0.1, -0.05) is 29.8 Å². The normalized spacial score (nSPS) is 15.3. The molecule has 9 heteroatoms. The first-order valence-corrected chi connectivity index (χ1v) is 11.5. The zero-order chi connectivity index (χ0) is 21.7. The number of anilines is 1. The van der Waals surface area contributed by atoms with Crippen LogP contribution in [-0.4, -0.2) is 64.7 Å². The van der Waals surface area contributed by atoms with Gasteiger partial charge in [-0.25, -0.2) is 8.42 Å². The maximum atomic E-state index is 12.8. The van der Waals surface area contributed by atoms with Crippen molar-refractivity contribution in [2.45, 2.75) is 17.6 Å². The number of benzene rings is 2. The third-order valence-electron chi connectivity index (χ3n) is 5.30. The Labute approximate surface area is 177 Å². The van der Waals surface area contributed by atoms with Gasteiger partial charge >= 0.3 is 0 Å². The standard InChI is InChI=1S/C21H27N3O5S/c1-17-3-5-18(6-4-17)16-30(27,28)19-7-8-20(21(15-19)24(25)26)23-11-9-22(10-12-23)13-14-29-2/h3-8,15H,9-14,16H2,1-2H3. The summed E-state index contributed by atoms with van der Waals surface area (Å²) < 4.78 is 30.8. The quantitative estimate of drug-likeness (QED) is 0.467. The van der Waals surface area contributed by atoms with Crippen LogP contribution in [0, 0.1) is 17.0 Å². The second-order valence-corrected chi connectivity index (χ2v) is 9.46. The van der Waals surface area contributed by atoms with Gasteiger partial charge in [0.05, 0.1) is 22.2 Å². The van der Waals surface area contributed by atoms with E-state index < -0.39 is 14.8 Å². The Balaban J connectivity index is 1.80. The molecule has 1 heterocycles. The molecule has 0 amide bonds. The largest absolute Gasteiger partial charge is 0.383 e. The van der Waals surface area contributed by atoms with Crippen LogP contribution in [0.2, 0.25) is 0 Å². The second-order valence-electron chi connectivity index (χ2n) is 7.47. The molecular formula is C21H27N3O5S. The minimum Gasteiger partial charge on any atom is -0.383 e. The highest BCUT2D eigenvalue weighted by Gasteiger charge is 2.26. The molecule has 2 aromatic rings. The summed E-state index contributed by atoms with van der Waals surface area (Å²) in [6.45, 7) is 6.22. The van der Waals surface area contributed by atoms with Crippen LogP contribution in [0.3, 0.4) is 0 Å². The van der Waals surface area contributed by atoms with E-state index in [1.807, 2.05) is 24.0 Å². The van der Waals surface area contributed by atoms with E-state index in [9.17, 15) is 18.5 Å². The minimum absolute atomic E-state index is 0.0303. The molecule has 0 radical (unpaired) electrons. The van der Waals surface area contributed by atoms with Gasteiger partial charge in [0.2, 0.25) is 0 Å². The fourth-order valence-electron chi connectivity index (χ4n) is 3.53. The number of aryl methyl sites for hydroxylation is 1. The van der Waals surface area contributed by atoms with Crippen molar-refractivity contribution < 1.29 is 18.1 Å². The van der Waals surface area contributed by atoms with Crippen LogP contribution < -0.4 is 4.90 Å². The number of nitro groups is 1. The Morgan fingerprint density at radius 1 is 1.07 bits per heavy atom. The highest BCUT2D eigenvalue weighted by Crippen LogP contribution is 2.32. The predicted molar refractivity (Wildman–Crippen MR) is 116 cm³/mol. The Hall–Kier alpha value is -2.49. The minimum atomic E-state index is -3.69. The van der Waals surface area contributed by atoms with E-state index >= 15 is 0 Å². The molecule has 162 valence electrons. The van der Waals surface area contributed by atoms with Gasteiger partial charge < -0.3 is 9.64 Å². The summed E-state index contributed by atoms with van der Waals surface area (Å²) in [4.78, 5) is 15.4. The molecule has 3 rings (SSSR count). The molecule has 8 nitrogen and oxygen atoms in total. The van der Waals surface area contributed by atoms with Crippen LogP contribution in [-0.2, 0) is 20.3 Å². The Morgan fingerprint density at radius 3 is 2.33 bits per heavy atom. The van der Waals surface area contributed by atoms with Crippen molar-refractivity contribution in [2.24, 2.45) is 0 Å². The molecule has 1 fully saturated rings. The van der Waals surface area contributed by atoms with Gasteiger partial charge in [-0.15, -0.1) is 0 Å². The number of rotatable bonds is 8. The molecule has 30 heavy (non-hydrogen) atoms. The first kappa shape index (κ1) is 22.2. The first-order valence-electron chi connectivity index (χ1n) is 9.83. The van der Waals surface area contributed by atoms with Crippen LogP contribution in [0.5, 0.6) is 0 Å². The van der Waals surface area contributed by atoms with Crippen molar-refractivity contribution in [1.29, 1.82) is 0 Å². The summed E-state index contributed by atoms with van der Waals surface area (Å²) in [5, 5.41) is 11.7. The lowest BCUT2D eigenvalue weighted by Crippen LogP contribution is -2.47. The highest BCUT2D eigenvalue weighted by molar-refractivity contribution is 7.90. The number of piperazine rings is 1. The van der Waals surface area contributed by atoms with Gasteiger partial charge in [-0.2, -0.15) is 0 Å². The molecule has 0 spiro atoms. The Morgan fingerprint density at radius 2 is 1.73 bits per heavy atom. The number of sulfone groups is 1. The Bertz CT molecular complexity index is 984. The number of nitro benzene ring substituents is 1. The van der Waals surface area contributed by atoms with Crippen LogP contribution in [0.4, 0.5) is 11.4 Å². The number of ether oxygens (including phenoxy) is 1. The third kappa shape index (κ3) is 5.35. The van der Waals surface area contributed by atoms with Crippen LogP contribution in [0.1, 0.15) is 11.1 Å².